The molecule has 0 spiro atoms. The fourth-order valence-corrected chi connectivity index (χ4v) is 7.14. The van der Waals surface area contributed by atoms with Crippen LogP contribution in [0.5, 0.6) is 0 Å². The molecule has 0 bridgehead atoms. The van der Waals surface area contributed by atoms with Crippen molar-refractivity contribution in [1.82, 2.24) is 0 Å². The monoisotopic (exact) mass is 747 g/mol. The average molecular weight is 749 g/mol. The van der Waals surface area contributed by atoms with E-state index in [1.807, 2.05) is 38.1 Å². The van der Waals surface area contributed by atoms with Crippen molar-refractivity contribution in [2.24, 2.45) is 0 Å². The van der Waals surface area contributed by atoms with E-state index in [1.165, 1.54) is 24.3 Å². The van der Waals surface area contributed by atoms with Crippen molar-refractivity contribution in [2.75, 3.05) is 18.0 Å². The molecule has 0 saturated carbocycles. The van der Waals surface area contributed by atoms with Gasteiger partial charge >= 0.3 is 0 Å². The number of hydrogen-bond donors (Lipinski definition) is 2. The summed E-state index contributed by atoms with van der Waals surface area (Å²) in [6.07, 6.45) is 8.27. The molecule has 4 aromatic rings. The van der Waals surface area contributed by atoms with Crippen molar-refractivity contribution < 1.29 is 30.5 Å². The predicted molar refractivity (Wildman–Crippen MR) is 194 cm³/mol. The van der Waals surface area contributed by atoms with E-state index in [9.17, 15) is 25.9 Å². The number of benzene rings is 4. The lowest BCUT2D eigenvalue weighted by Gasteiger charge is -2.24. The van der Waals surface area contributed by atoms with Gasteiger partial charge in [0.25, 0.3) is 20.2 Å². The molecule has 2 N–H and O–H groups in total. The normalized spacial score (nSPS) is 13.1. The van der Waals surface area contributed by atoms with Crippen LogP contribution in [0.25, 0.3) is 5.57 Å². The van der Waals surface area contributed by atoms with Crippen LogP contribution in [0.15, 0.2) is 141 Å². The summed E-state index contributed by atoms with van der Waals surface area (Å²) in [6, 6.07) is 29.1. The van der Waals surface area contributed by atoms with Crippen molar-refractivity contribution in [3.8, 4) is 0 Å². The zero-order chi connectivity index (χ0) is 34.5. The minimum atomic E-state index is -4.29. The molecule has 0 aromatic heterocycles. The van der Waals surface area contributed by atoms with Gasteiger partial charge < -0.3 is 4.90 Å². The summed E-state index contributed by atoms with van der Waals surface area (Å²) in [5.74, 6) is 0. The topological polar surface area (TPSA) is 115 Å². The molecule has 0 amide bonds. The third-order valence-corrected chi connectivity index (χ3v) is 10.3. The van der Waals surface area contributed by atoms with Crippen molar-refractivity contribution >= 4 is 53.1 Å². The van der Waals surface area contributed by atoms with Crippen molar-refractivity contribution in [3.63, 3.8) is 0 Å². The molecule has 0 atom stereocenters. The summed E-state index contributed by atoms with van der Waals surface area (Å²) in [6.45, 7) is 6.38. The number of hydrogen-bond acceptors (Lipinski definition) is 5. The Morgan fingerprint density at radius 1 is 0.708 bits per heavy atom. The highest BCUT2D eigenvalue weighted by molar-refractivity contribution is 9.10. The van der Waals surface area contributed by atoms with Crippen LogP contribution in [0, 0.1) is 0 Å². The molecule has 0 radical (unpaired) electrons. The molecule has 0 saturated heterocycles. The van der Waals surface area contributed by atoms with Gasteiger partial charge in [0.1, 0.15) is 6.54 Å². The fraction of sp³-hybridized carbons (Fsp3) is 0.162. The van der Waals surface area contributed by atoms with E-state index in [4.69, 9.17) is 0 Å². The Morgan fingerprint density at radius 2 is 1.29 bits per heavy atom. The Balaban J connectivity index is 1.47. The van der Waals surface area contributed by atoms with Gasteiger partial charge in [0.05, 0.1) is 9.79 Å². The molecule has 0 heterocycles. The van der Waals surface area contributed by atoms with Gasteiger partial charge in [-0.25, -0.2) is 4.58 Å². The van der Waals surface area contributed by atoms with Gasteiger partial charge in [-0.3, -0.25) is 9.11 Å². The van der Waals surface area contributed by atoms with Crippen LogP contribution in [0.3, 0.4) is 0 Å². The lowest BCUT2D eigenvalue weighted by molar-refractivity contribution is -0.539. The lowest BCUT2D eigenvalue weighted by atomic mass is 9.90. The summed E-state index contributed by atoms with van der Waals surface area (Å²) >= 11 is 3.62. The SMILES string of the molecule is CCN(Cc1cccc(S(=O)(=O)O)c1)c1ccc(C(=C2C=CC(=[N+](CC)Cc3cccc(S(=O)(=O)O)c3)C=C2)c2cccc(Br)c2)cc1. The zero-order valence-corrected chi connectivity index (χ0v) is 29.7. The van der Waals surface area contributed by atoms with Gasteiger partial charge in [-0.1, -0.05) is 64.5 Å². The standard InChI is InChI=1S/C37H35BrN2O6S2/c1-3-39(25-27-8-5-12-35(22-27)47(41,42)43)33-18-14-29(15-19-33)37(31-10-7-11-32(38)24-31)30-16-20-34(21-17-30)40(4-2)26-28-9-6-13-36(23-28)48(44,45)46/h5-24H,3-4,25-26H2,1-2H3,(H-,41,42,43,44,45,46)/p+1. The van der Waals surface area contributed by atoms with E-state index in [1.54, 1.807) is 12.1 Å². The Kier molecular flexibility index (Phi) is 11.0. The smallest absolute Gasteiger partial charge is 0.294 e. The van der Waals surface area contributed by atoms with E-state index < -0.39 is 20.2 Å². The maximum absolute atomic E-state index is 11.7. The van der Waals surface area contributed by atoms with Crippen molar-refractivity contribution in [1.29, 1.82) is 0 Å². The Bertz CT molecular complexity index is 2150. The van der Waals surface area contributed by atoms with E-state index in [-0.39, 0.29) is 9.79 Å². The minimum absolute atomic E-state index is 0.126. The maximum atomic E-state index is 11.7. The highest BCUT2D eigenvalue weighted by atomic mass is 79.9. The Hall–Kier alpha value is -4.13. The summed E-state index contributed by atoms with van der Waals surface area (Å²) < 4.78 is 68.7. The molecule has 5 rings (SSSR count). The molecule has 1 aliphatic rings. The molecule has 11 heteroatoms. The second kappa shape index (κ2) is 15.0. The second-order valence-electron chi connectivity index (χ2n) is 11.3. The molecule has 8 nitrogen and oxygen atoms in total. The second-order valence-corrected chi connectivity index (χ2v) is 15.0. The average Bonchev–Trinajstić information content (AvgIpc) is 3.06. The van der Waals surface area contributed by atoms with Crippen molar-refractivity contribution in [2.45, 2.75) is 36.7 Å². The van der Waals surface area contributed by atoms with Gasteiger partial charge in [0.2, 0.25) is 0 Å². The first-order valence-electron chi connectivity index (χ1n) is 15.3. The molecular weight excluding hydrogens is 712 g/mol. The van der Waals surface area contributed by atoms with Crippen LogP contribution in [-0.4, -0.2) is 49.3 Å². The van der Waals surface area contributed by atoms with Crippen molar-refractivity contribution in [3.05, 3.63) is 154 Å². The van der Waals surface area contributed by atoms with Crippen LogP contribution in [-0.2, 0) is 33.3 Å². The molecule has 4 aromatic carbocycles. The minimum Gasteiger partial charge on any atom is -0.367 e. The number of allylic oxidation sites excluding steroid dienone is 5. The van der Waals surface area contributed by atoms with Gasteiger partial charge in [-0.05, 0) is 102 Å². The predicted octanol–water partition coefficient (Wildman–Crippen LogP) is 7.57. The largest absolute Gasteiger partial charge is 0.367 e. The molecule has 0 fully saturated rings. The summed E-state index contributed by atoms with van der Waals surface area (Å²) in [4.78, 5) is 1.88. The molecule has 48 heavy (non-hydrogen) atoms. The first kappa shape index (κ1) is 35.2. The number of nitrogens with zero attached hydrogens (tertiary/aromatic N) is 2. The van der Waals surface area contributed by atoms with E-state index >= 15 is 0 Å². The third kappa shape index (κ3) is 8.66. The quantitative estimate of drug-likeness (QED) is 0.120. The Morgan fingerprint density at radius 3 is 1.85 bits per heavy atom. The van der Waals surface area contributed by atoms with Crippen LogP contribution in [0.1, 0.15) is 36.1 Å². The van der Waals surface area contributed by atoms with E-state index in [2.05, 4.69) is 86.1 Å². The number of anilines is 1. The van der Waals surface area contributed by atoms with Crippen LogP contribution < -0.4 is 4.90 Å². The molecule has 0 unspecified atom stereocenters. The van der Waals surface area contributed by atoms with Gasteiger partial charge in [0, 0.05) is 41.0 Å². The number of rotatable bonds is 11. The molecular formula is C37H36BrN2O6S2+. The first-order valence-corrected chi connectivity index (χ1v) is 19.0. The third-order valence-electron chi connectivity index (χ3n) is 8.06. The van der Waals surface area contributed by atoms with Crippen LogP contribution >= 0.6 is 15.9 Å². The fourth-order valence-electron chi connectivity index (χ4n) is 5.64. The van der Waals surface area contributed by atoms with Gasteiger partial charge in [-0.2, -0.15) is 16.8 Å². The highest BCUT2D eigenvalue weighted by Gasteiger charge is 2.18. The van der Waals surface area contributed by atoms with Gasteiger partial charge in [-0.15, -0.1) is 0 Å². The summed E-state index contributed by atoms with van der Waals surface area (Å²) in [7, 11) is -8.58. The molecule has 248 valence electrons. The van der Waals surface area contributed by atoms with Crippen LogP contribution in [0.4, 0.5) is 5.69 Å². The Labute approximate surface area is 290 Å². The van der Waals surface area contributed by atoms with E-state index in [0.717, 1.165) is 49.3 Å². The highest BCUT2D eigenvalue weighted by Crippen LogP contribution is 2.33. The lowest BCUT2D eigenvalue weighted by Crippen LogP contribution is -2.22. The maximum Gasteiger partial charge on any atom is 0.294 e. The van der Waals surface area contributed by atoms with Gasteiger partial charge in [0.15, 0.2) is 12.3 Å². The van der Waals surface area contributed by atoms with E-state index in [0.29, 0.717) is 26.2 Å². The zero-order valence-electron chi connectivity index (χ0n) is 26.5. The summed E-state index contributed by atoms with van der Waals surface area (Å²) in [5, 5.41) is 0. The summed E-state index contributed by atoms with van der Waals surface area (Å²) in [5.41, 5.74) is 7.59. The molecule has 0 aliphatic heterocycles. The first-order chi connectivity index (χ1) is 22.9. The van der Waals surface area contributed by atoms with Crippen LogP contribution in [0.2, 0.25) is 0 Å². The molecule has 1 aliphatic carbocycles. The number of halogens is 1.